The zero-order valence-electron chi connectivity index (χ0n) is 15.2. The Morgan fingerprint density at radius 3 is 2.93 bits per heavy atom. The fraction of sp³-hybridized carbons (Fsp3) is 0.300. The molecular formula is C20H19N5OS2. The van der Waals surface area contributed by atoms with Crippen LogP contribution >= 0.6 is 23.1 Å². The number of thioether (sulfide) groups is 1. The molecular weight excluding hydrogens is 390 g/mol. The lowest BCUT2D eigenvalue weighted by Gasteiger charge is -2.06. The van der Waals surface area contributed by atoms with Crippen LogP contribution in [0.1, 0.15) is 30.9 Å². The molecule has 4 aromatic rings. The van der Waals surface area contributed by atoms with Gasteiger partial charge in [-0.3, -0.25) is 4.79 Å². The van der Waals surface area contributed by atoms with E-state index in [4.69, 9.17) is 4.98 Å². The molecule has 142 valence electrons. The second-order valence-electron chi connectivity index (χ2n) is 6.86. The average Bonchev–Trinajstić information content (AvgIpc) is 3.24. The SMILES string of the molecule is O=c1[nH]c(CSc2nnc3n2CCCCC3)nc2sc(-c3ccccc3)cc12. The third-order valence-electron chi connectivity index (χ3n) is 4.92. The molecule has 1 aliphatic rings. The highest BCUT2D eigenvalue weighted by Crippen LogP contribution is 2.31. The second-order valence-corrected chi connectivity index (χ2v) is 8.83. The third-order valence-corrected chi connectivity index (χ3v) is 6.98. The van der Waals surface area contributed by atoms with E-state index in [1.54, 1.807) is 23.1 Å². The minimum absolute atomic E-state index is 0.0842. The smallest absolute Gasteiger partial charge is 0.259 e. The largest absolute Gasteiger partial charge is 0.309 e. The number of aromatic amines is 1. The van der Waals surface area contributed by atoms with Crippen molar-refractivity contribution in [3.63, 3.8) is 0 Å². The molecule has 5 rings (SSSR count). The number of fused-ring (bicyclic) bond motifs is 2. The maximum atomic E-state index is 12.6. The molecule has 0 aliphatic carbocycles. The molecule has 0 radical (unpaired) electrons. The van der Waals surface area contributed by atoms with Gasteiger partial charge in [0, 0.05) is 17.8 Å². The number of thiophene rings is 1. The van der Waals surface area contributed by atoms with E-state index >= 15 is 0 Å². The molecule has 1 N–H and O–H groups in total. The molecule has 28 heavy (non-hydrogen) atoms. The predicted octanol–water partition coefficient (Wildman–Crippen LogP) is 4.26. The van der Waals surface area contributed by atoms with E-state index in [1.807, 2.05) is 36.4 Å². The number of rotatable bonds is 4. The lowest BCUT2D eigenvalue weighted by atomic mass is 10.2. The topological polar surface area (TPSA) is 76.5 Å². The van der Waals surface area contributed by atoms with E-state index in [-0.39, 0.29) is 5.56 Å². The van der Waals surface area contributed by atoms with Crippen LogP contribution in [0, 0.1) is 0 Å². The maximum absolute atomic E-state index is 12.6. The number of H-pyrrole nitrogens is 1. The highest BCUT2D eigenvalue weighted by Gasteiger charge is 2.16. The van der Waals surface area contributed by atoms with Crippen molar-refractivity contribution in [1.82, 2.24) is 24.7 Å². The van der Waals surface area contributed by atoms with Crippen molar-refractivity contribution >= 4 is 33.3 Å². The molecule has 4 heterocycles. The molecule has 0 spiro atoms. The van der Waals surface area contributed by atoms with E-state index in [1.165, 1.54) is 12.8 Å². The number of hydrogen-bond donors (Lipinski definition) is 1. The summed E-state index contributed by atoms with van der Waals surface area (Å²) >= 11 is 3.14. The van der Waals surface area contributed by atoms with Gasteiger partial charge < -0.3 is 9.55 Å². The summed E-state index contributed by atoms with van der Waals surface area (Å²) in [5.74, 6) is 2.32. The third kappa shape index (κ3) is 3.38. The molecule has 0 unspecified atom stereocenters. The minimum Gasteiger partial charge on any atom is -0.309 e. The standard InChI is InChI=1S/C20H19N5OS2/c26-18-14-11-15(13-7-3-1-4-8-13)28-19(14)22-16(21-18)12-27-20-24-23-17-9-5-2-6-10-25(17)20/h1,3-4,7-8,11H,2,5-6,9-10,12H2,(H,21,22,26). The molecule has 3 aromatic heterocycles. The van der Waals surface area contributed by atoms with Crippen LogP contribution in [0.3, 0.4) is 0 Å². The summed E-state index contributed by atoms with van der Waals surface area (Å²) in [6.07, 6.45) is 4.57. The van der Waals surface area contributed by atoms with Gasteiger partial charge in [0.2, 0.25) is 0 Å². The quantitative estimate of drug-likeness (QED) is 0.510. The molecule has 6 nitrogen and oxygen atoms in total. The first kappa shape index (κ1) is 17.6. The van der Waals surface area contributed by atoms with Crippen LogP contribution in [0.15, 0.2) is 46.3 Å². The van der Waals surface area contributed by atoms with Crippen LogP contribution < -0.4 is 5.56 Å². The van der Waals surface area contributed by atoms with Crippen molar-refractivity contribution in [2.75, 3.05) is 0 Å². The highest BCUT2D eigenvalue weighted by molar-refractivity contribution is 7.98. The van der Waals surface area contributed by atoms with E-state index < -0.39 is 0 Å². The van der Waals surface area contributed by atoms with Gasteiger partial charge in [-0.1, -0.05) is 48.5 Å². The Balaban J connectivity index is 1.41. The van der Waals surface area contributed by atoms with Crippen molar-refractivity contribution in [2.24, 2.45) is 0 Å². The van der Waals surface area contributed by atoms with Crippen molar-refractivity contribution in [3.8, 4) is 10.4 Å². The Labute approximate surface area is 170 Å². The van der Waals surface area contributed by atoms with Gasteiger partial charge in [-0.05, 0) is 24.5 Å². The first-order chi connectivity index (χ1) is 13.8. The van der Waals surface area contributed by atoms with Gasteiger partial charge in [0.05, 0.1) is 11.1 Å². The second kappa shape index (κ2) is 7.52. The minimum atomic E-state index is -0.0842. The van der Waals surface area contributed by atoms with Gasteiger partial charge in [0.15, 0.2) is 5.16 Å². The summed E-state index contributed by atoms with van der Waals surface area (Å²) in [5.41, 5.74) is 1.02. The van der Waals surface area contributed by atoms with Crippen molar-refractivity contribution < 1.29 is 0 Å². The molecule has 8 heteroatoms. The Bertz CT molecular complexity index is 1180. The van der Waals surface area contributed by atoms with Crippen molar-refractivity contribution in [2.45, 2.75) is 43.1 Å². The zero-order valence-corrected chi connectivity index (χ0v) is 16.9. The number of aryl methyl sites for hydroxylation is 1. The Hall–Kier alpha value is -2.45. The van der Waals surface area contributed by atoms with Crippen LogP contribution in [0.4, 0.5) is 0 Å². The van der Waals surface area contributed by atoms with Crippen LogP contribution in [-0.4, -0.2) is 24.7 Å². The van der Waals surface area contributed by atoms with Gasteiger partial charge in [0.25, 0.3) is 5.56 Å². The maximum Gasteiger partial charge on any atom is 0.259 e. The van der Waals surface area contributed by atoms with Crippen LogP contribution in [0.2, 0.25) is 0 Å². The van der Waals surface area contributed by atoms with Gasteiger partial charge in [0.1, 0.15) is 16.5 Å². The van der Waals surface area contributed by atoms with Crippen LogP contribution in [0.25, 0.3) is 20.7 Å². The van der Waals surface area contributed by atoms with E-state index in [0.717, 1.165) is 45.6 Å². The molecule has 1 aliphatic heterocycles. The van der Waals surface area contributed by atoms with Gasteiger partial charge in [-0.25, -0.2) is 4.98 Å². The van der Waals surface area contributed by atoms with Crippen LogP contribution in [-0.2, 0) is 18.7 Å². The lowest BCUT2D eigenvalue weighted by molar-refractivity contribution is 0.591. The summed E-state index contributed by atoms with van der Waals surface area (Å²) in [5, 5.41) is 10.2. The molecule has 0 saturated heterocycles. The number of hydrogen-bond acceptors (Lipinski definition) is 6. The normalized spacial score (nSPS) is 14.1. The zero-order chi connectivity index (χ0) is 18.9. The first-order valence-corrected chi connectivity index (χ1v) is 11.2. The summed E-state index contributed by atoms with van der Waals surface area (Å²) < 4.78 is 2.22. The van der Waals surface area contributed by atoms with Gasteiger partial charge >= 0.3 is 0 Å². The average molecular weight is 410 g/mol. The lowest BCUT2D eigenvalue weighted by Crippen LogP contribution is -2.10. The Kier molecular flexibility index (Phi) is 4.74. The van der Waals surface area contributed by atoms with Crippen LogP contribution in [0.5, 0.6) is 0 Å². The molecule has 0 fully saturated rings. The van der Waals surface area contributed by atoms with E-state index in [9.17, 15) is 4.79 Å². The summed E-state index contributed by atoms with van der Waals surface area (Å²) in [6, 6.07) is 12.0. The monoisotopic (exact) mass is 409 g/mol. The highest BCUT2D eigenvalue weighted by atomic mass is 32.2. The van der Waals surface area contributed by atoms with E-state index in [2.05, 4.69) is 19.7 Å². The number of aromatic nitrogens is 5. The fourth-order valence-corrected chi connectivity index (χ4v) is 5.40. The molecule has 0 bridgehead atoms. The molecule has 1 aromatic carbocycles. The number of benzene rings is 1. The summed E-state index contributed by atoms with van der Waals surface area (Å²) in [4.78, 5) is 22.0. The number of nitrogens with zero attached hydrogens (tertiary/aromatic N) is 4. The van der Waals surface area contributed by atoms with E-state index in [0.29, 0.717) is 17.0 Å². The molecule has 0 atom stereocenters. The van der Waals surface area contributed by atoms with Gasteiger partial charge in [-0.2, -0.15) is 0 Å². The predicted molar refractivity (Wildman–Crippen MR) is 113 cm³/mol. The summed E-state index contributed by atoms with van der Waals surface area (Å²) in [7, 11) is 0. The first-order valence-electron chi connectivity index (χ1n) is 9.41. The summed E-state index contributed by atoms with van der Waals surface area (Å²) in [6.45, 7) is 0.971. The van der Waals surface area contributed by atoms with Crippen molar-refractivity contribution in [3.05, 3.63) is 58.4 Å². The molecule has 0 amide bonds. The molecule has 0 saturated carbocycles. The Morgan fingerprint density at radius 2 is 2.04 bits per heavy atom. The Morgan fingerprint density at radius 1 is 1.14 bits per heavy atom. The van der Waals surface area contributed by atoms with Gasteiger partial charge in [-0.15, -0.1) is 21.5 Å². The van der Waals surface area contributed by atoms with Crippen molar-refractivity contribution in [1.29, 1.82) is 0 Å². The number of nitrogens with one attached hydrogen (secondary N) is 1. The fourth-order valence-electron chi connectivity index (χ4n) is 3.49.